The van der Waals surface area contributed by atoms with Gasteiger partial charge in [-0.05, 0) is 31.0 Å². The third-order valence-electron chi connectivity index (χ3n) is 3.60. The highest BCUT2D eigenvalue weighted by Gasteiger charge is 2.34. The molecule has 1 unspecified atom stereocenters. The Hall–Kier alpha value is -1.03. The molecule has 4 heteroatoms. The SMILES string of the molecule is CCC(CC)CNC(C)c1ccccc1C(F)(F)F. The van der Waals surface area contributed by atoms with Crippen molar-refractivity contribution in [2.24, 2.45) is 5.92 Å². The van der Waals surface area contributed by atoms with Gasteiger partial charge in [0.15, 0.2) is 0 Å². The van der Waals surface area contributed by atoms with Crippen LogP contribution in [0.1, 0.15) is 50.8 Å². The van der Waals surface area contributed by atoms with Crippen LogP contribution in [-0.4, -0.2) is 6.54 Å². The highest BCUT2D eigenvalue weighted by molar-refractivity contribution is 5.32. The smallest absolute Gasteiger partial charge is 0.310 e. The highest BCUT2D eigenvalue weighted by atomic mass is 19.4. The minimum Gasteiger partial charge on any atom is -0.310 e. The maximum atomic E-state index is 12.9. The van der Waals surface area contributed by atoms with E-state index < -0.39 is 11.7 Å². The van der Waals surface area contributed by atoms with Crippen molar-refractivity contribution in [1.29, 1.82) is 0 Å². The first-order chi connectivity index (χ1) is 8.90. The zero-order chi connectivity index (χ0) is 14.5. The second-order valence-electron chi connectivity index (χ2n) is 4.90. The average Bonchev–Trinajstić information content (AvgIpc) is 2.38. The van der Waals surface area contributed by atoms with Crippen LogP contribution in [-0.2, 0) is 6.18 Å². The quantitative estimate of drug-likeness (QED) is 0.785. The van der Waals surface area contributed by atoms with Crippen LogP contribution in [0.25, 0.3) is 0 Å². The average molecular weight is 273 g/mol. The Labute approximate surface area is 113 Å². The Bertz CT molecular complexity index is 383. The summed E-state index contributed by atoms with van der Waals surface area (Å²) in [5, 5.41) is 3.21. The zero-order valence-electron chi connectivity index (χ0n) is 11.7. The van der Waals surface area contributed by atoms with E-state index in [0.717, 1.165) is 25.5 Å². The lowest BCUT2D eigenvalue weighted by molar-refractivity contribution is -0.138. The van der Waals surface area contributed by atoms with Crippen LogP contribution in [0, 0.1) is 5.92 Å². The largest absolute Gasteiger partial charge is 0.416 e. The van der Waals surface area contributed by atoms with Gasteiger partial charge >= 0.3 is 6.18 Å². The molecule has 0 aliphatic carbocycles. The summed E-state index contributed by atoms with van der Waals surface area (Å²) in [5.41, 5.74) is -0.222. The number of hydrogen-bond acceptors (Lipinski definition) is 1. The van der Waals surface area contributed by atoms with E-state index in [1.165, 1.54) is 6.07 Å². The Morgan fingerprint density at radius 2 is 1.68 bits per heavy atom. The number of rotatable bonds is 6. The van der Waals surface area contributed by atoms with Crippen LogP contribution in [0.3, 0.4) is 0 Å². The van der Waals surface area contributed by atoms with Crippen molar-refractivity contribution in [3.05, 3.63) is 35.4 Å². The van der Waals surface area contributed by atoms with Crippen LogP contribution in [0.5, 0.6) is 0 Å². The zero-order valence-corrected chi connectivity index (χ0v) is 11.7. The van der Waals surface area contributed by atoms with E-state index in [2.05, 4.69) is 19.2 Å². The Morgan fingerprint density at radius 1 is 1.11 bits per heavy atom. The van der Waals surface area contributed by atoms with Crippen molar-refractivity contribution in [3.63, 3.8) is 0 Å². The molecule has 1 rings (SSSR count). The molecule has 0 fully saturated rings. The van der Waals surface area contributed by atoms with Gasteiger partial charge in [-0.15, -0.1) is 0 Å². The van der Waals surface area contributed by atoms with Crippen molar-refractivity contribution >= 4 is 0 Å². The third-order valence-corrected chi connectivity index (χ3v) is 3.60. The van der Waals surface area contributed by atoms with E-state index in [0.29, 0.717) is 11.5 Å². The van der Waals surface area contributed by atoms with E-state index in [1.807, 2.05) is 0 Å². The summed E-state index contributed by atoms with van der Waals surface area (Å²) in [6.45, 7) is 6.74. The summed E-state index contributed by atoms with van der Waals surface area (Å²) in [6.07, 6.45) is -2.21. The molecule has 108 valence electrons. The van der Waals surface area contributed by atoms with E-state index in [1.54, 1.807) is 19.1 Å². The summed E-state index contributed by atoms with van der Waals surface area (Å²) in [5.74, 6) is 0.514. The van der Waals surface area contributed by atoms with Crippen LogP contribution in [0.4, 0.5) is 13.2 Å². The molecule has 1 atom stereocenters. The summed E-state index contributed by atoms with van der Waals surface area (Å²) in [7, 11) is 0. The molecule has 0 aliphatic rings. The van der Waals surface area contributed by atoms with Gasteiger partial charge in [0, 0.05) is 6.04 Å². The van der Waals surface area contributed by atoms with Crippen LogP contribution >= 0.6 is 0 Å². The van der Waals surface area contributed by atoms with Crippen molar-refractivity contribution in [1.82, 2.24) is 5.32 Å². The molecular formula is C15H22F3N. The summed E-state index contributed by atoms with van der Waals surface area (Å²) in [6, 6.07) is 5.48. The van der Waals surface area contributed by atoms with Gasteiger partial charge in [0.1, 0.15) is 0 Å². The van der Waals surface area contributed by atoms with Crippen LogP contribution < -0.4 is 5.32 Å². The van der Waals surface area contributed by atoms with Crippen molar-refractivity contribution in [2.75, 3.05) is 6.54 Å². The molecule has 0 aliphatic heterocycles. The van der Waals surface area contributed by atoms with Crippen molar-refractivity contribution in [3.8, 4) is 0 Å². The summed E-state index contributed by atoms with van der Waals surface area (Å²) < 4.78 is 38.7. The minimum absolute atomic E-state index is 0.293. The van der Waals surface area contributed by atoms with E-state index in [4.69, 9.17) is 0 Å². The summed E-state index contributed by atoms with van der Waals surface area (Å²) >= 11 is 0. The number of halogens is 3. The molecule has 0 saturated carbocycles. The molecule has 1 aromatic rings. The number of alkyl halides is 3. The van der Waals surface area contributed by atoms with Crippen molar-refractivity contribution < 1.29 is 13.2 Å². The Kier molecular flexibility index (Phi) is 5.85. The summed E-state index contributed by atoms with van der Waals surface area (Å²) in [4.78, 5) is 0. The number of benzene rings is 1. The predicted octanol–water partition coefficient (Wildman–Crippen LogP) is 4.79. The van der Waals surface area contributed by atoms with Gasteiger partial charge in [0.25, 0.3) is 0 Å². The molecule has 1 aromatic carbocycles. The van der Waals surface area contributed by atoms with Crippen molar-refractivity contribution in [2.45, 2.75) is 45.8 Å². The van der Waals surface area contributed by atoms with Crippen LogP contribution in [0.15, 0.2) is 24.3 Å². The molecular weight excluding hydrogens is 251 g/mol. The monoisotopic (exact) mass is 273 g/mol. The number of hydrogen-bond donors (Lipinski definition) is 1. The van der Waals surface area contributed by atoms with Gasteiger partial charge in [-0.3, -0.25) is 0 Å². The fraction of sp³-hybridized carbons (Fsp3) is 0.600. The van der Waals surface area contributed by atoms with E-state index >= 15 is 0 Å². The Balaban J connectivity index is 2.80. The molecule has 0 aromatic heterocycles. The van der Waals surface area contributed by atoms with Gasteiger partial charge in [-0.1, -0.05) is 44.9 Å². The molecule has 1 nitrogen and oxygen atoms in total. The highest BCUT2D eigenvalue weighted by Crippen LogP contribution is 2.34. The topological polar surface area (TPSA) is 12.0 Å². The minimum atomic E-state index is -4.29. The fourth-order valence-electron chi connectivity index (χ4n) is 2.16. The molecule has 0 heterocycles. The van der Waals surface area contributed by atoms with E-state index in [-0.39, 0.29) is 6.04 Å². The Morgan fingerprint density at radius 3 is 2.21 bits per heavy atom. The first-order valence-corrected chi connectivity index (χ1v) is 6.79. The van der Waals surface area contributed by atoms with Gasteiger partial charge in [-0.2, -0.15) is 13.2 Å². The maximum Gasteiger partial charge on any atom is 0.416 e. The molecule has 0 bridgehead atoms. The van der Waals surface area contributed by atoms with Gasteiger partial charge in [-0.25, -0.2) is 0 Å². The molecule has 0 amide bonds. The van der Waals surface area contributed by atoms with Crippen LogP contribution in [0.2, 0.25) is 0 Å². The number of nitrogens with one attached hydrogen (secondary N) is 1. The fourth-order valence-corrected chi connectivity index (χ4v) is 2.16. The van der Waals surface area contributed by atoms with Gasteiger partial charge < -0.3 is 5.32 Å². The van der Waals surface area contributed by atoms with Gasteiger partial charge in [0.2, 0.25) is 0 Å². The first-order valence-electron chi connectivity index (χ1n) is 6.79. The third kappa shape index (κ3) is 4.53. The lowest BCUT2D eigenvalue weighted by Crippen LogP contribution is -2.27. The molecule has 0 radical (unpaired) electrons. The predicted molar refractivity (Wildman–Crippen MR) is 71.9 cm³/mol. The standard InChI is InChI=1S/C15H22F3N/c1-4-12(5-2)10-19-11(3)13-8-6-7-9-14(13)15(16,17)18/h6-9,11-12,19H,4-5,10H2,1-3H3. The first kappa shape index (κ1) is 16.0. The maximum absolute atomic E-state index is 12.9. The molecule has 0 spiro atoms. The van der Waals surface area contributed by atoms with Gasteiger partial charge in [0.05, 0.1) is 5.56 Å². The molecule has 0 saturated heterocycles. The normalized spacial score (nSPS) is 13.8. The second kappa shape index (κ2) is 6.94. The molecule has 19 heavy (non-hydrogen) atoms. The lowest BCUT2D eigenvalue weighted by Gasteiger charge is -2.22. The lowest BCUT2D eigenvalue weighted by atomic mass is 9.99. The van der Waals surface area contributed by atoms with E-state index in [9.17, 15) is 13.2 Å². The second-order valence-corrected chi connectivity index (χ2v) is 4.90. The molecule has 1 N–H and O–H groups in total.